The summed E-state index contributed by atoms with van der Waals surface area (Å²) in [5.74, 6) is 0.0490. The Labute approximate surface area is 127 Å². The Bertz CT molecular complexity index is 847. The molecule has 0 aliphatic rings. The van der Waals surface area contributed by atoms with Crippen molar-refractivity contribution in [2.45, 2.75) is 13.3 Å². The maximum absolute atomic E-state index is 12.6. The number of para-hydroxylation sites is 2. The fourth-order valence-electron chi connectivity index (χ4n) is 2.14. The fourth-order valence-corrected chi connectivity index (χ4v) is 2.35. The van der Waals surface area contributed by atoms with Crippen molar-refractivity contribution in [2.75, 3.05) is 0 Å². The SMILES string of the molecule is Cc1nc2ncnc(Cl)c2n1-c1ccccc1OC(F)(F)F. The quantitative estimate of drug-likeness (QED) is 0.673. The number of halogens is 4. The molecule has 0 saturated carbocycles. The molecule has 2 aromatic heterocycles. The number of ether oxygens (including phenoxy) is 1. The first-order valence-electron chi connectivity index (χ1n) is 6.07. The van der Waals surface area contributed by atoms with Crippen molar-refractivity contribution < 1.29 is 17.9 Å². The number of rotatable bonds is 2. The maximum atomic E-state index is 12.6. The first kappa shape index (κ1) is 14.6. The second-order valence-corrected chi connectivity index (χ2v) is 4.70. The van der Waals surface area contributed by atoms with Crippen LogP contribution in [0.1, 0.15) is 5.82 Å². The zero-order valence-corrected chi connectivity index (χ0v) is 11.9. The Balaban J connectivity index is 2.27. The second-order valence-electron chi connectivity index (χ2n) is 4.35. The standard InChI is InChI=1S/C13H8ClF3N4O/c1-7-20-12-10(11(14)18-6-19-12)21(7)8-4-2-3-5-9(8)22-13(15,16)17/h2-6H,1H3. The Hall–Kier alpha value is -2.35. The maximum Gasteiger partial charge on any atom is 0.573 e. The summed E-state index contributed by atoms with van der Waals surface area (Å²) < 4.78 is 43.2. The normalized spacial score (nSPS) is 11.9. The molecule has 0 amide bonds. The van der Waals surface area contributed by atoms with Crippen LogP contribution in [0.25, 0.3) is 16.9 Å². The van der Waals surface area contributed by atoms with Crippen LogP contribution in [0.15, 0.2) is 30.6 Å². The van der Waals surface area contributed by atoms with E-state index in [4.69, 9.17) is 11.6 Å². The molecule has 0 bridgehead atoms. The molecule has 0 radical (unpaired) electrons. The van der Waals surface area contributed by atoms with Crippen molar-refractivity contribution in [3.63, 3.8) is 0 Å². The van der Waals surface area contributed by atoms with E-state index >= 15 is 0 Å². The third-order valence-electron chi connectivity index (χ3n) is 2.91. The number of nitrogens with zero attached hydrogens (tertiary/aromatic N) is 4. The number of alkyl halides is 3. The number of fused-ring (bicyclic) bond motifs is 1. The highest BCUT2D eigenvalue weighted by atomic mass is 35.5. The van der Waals surface area contributed by atoms with Crippen molar-refractivity contribution in [2.24, 2.45) is 0 Å². The van der Waals surface area contributed by atoms with Crippen LogP contribution in [-0.2, 0) is 0 Å². The summed E-state index contributed by atoms with van der Waals surface area (Å²) in [5.41, 5.74) is 0.760. The molecule has 3 aromatic rings. The molecule has 114 valence electrons. The predicted molar refractivity (Wildman–Crippen MR) is 73.1 cm³/mol. The molecule has 0 aliphatic heterocycles. The van der Waals surface area contributed by atoms with Gasteiger partial charge < -0.3 is 4.74 Å². The highest BCUT2D eigenvalue weighted by Crippen LogP contribution is 2.33. The van der Waals surface area contributed by atoms with Crippen molar-refractivity contribution in [1.82, 2.24) is 19.5 Å². The van der Waals surface area contributed by atoms with Gasteiger partial charge in [0.25, 0.3) is 0 Å². The van der Waals surface area contributed by atoms with E-state index in [-0.39, 0.29) is 16.6 Å². The van der Waals surface area contributed by atoms with Gasteiger partial charge in [0.2, 0.25) is 0 Å². The molecule has 2 heterocycles. The zero-order chi connectivity index (χ0) is 15.9. The van der Waals surface area contributed by atoms with Crippen LogP contribution in [0.2, 0.25) is 5.15 Å². The smallest absolute Gasteiger partial charge is 0.404 e. The number of aromatic nitrogens is 4. The van der Waals surface area contributed by atoms with Gasteiger partial charge in [0.15, 0.2) is 16.5 Å². The minimum absolute atomic E-state index is 0.0902. The molecule has 0 aliphatic carbocycles. The van der Waals surface area contributed by atoms with E-state index < -0.39 is 6.36 Å². The van der Waals surface area contributed by atoms with Crippen LogP contribution in [0.5, 0.6) is 5.75 Å². The zero-order valence-electron chi connectivity index (χ0n) is 11.1. The lowest BCUT2D eigenvalue weighted by molar-refractivity contribution is -0.274. The Kier molecular flexibility index (Phi) is 3.40. The first-order valence-corrected chi connectivity index (χ1v) is 6.45. The summed E-state index contributed by atoms with van der Waals surface area (Å²) in [4.78, 5) is 12.0. The van der Waals surface area contributed by atoms with Gasteiger partial charge in [-0.25, -0.2) is 15.0 Å². The molecular weight excluding hydrogens is 321 g/mol. The van der Waals surface area contributed by atoms with Gasteiger partial charge in [0.1, 0.15) is 17.7 Å². The molecule has 9 heteroatoms. The van der Waals surface area contributed by atoms with Crippen molar-refractivity contribution in [1.29, 1.82) is 0 Å². The molecule has 5 nitrogen and oxygen atoms in total. The Morgan fingerprint density at radius 2 is 1.91 bits per heavy atom. The van der Waals surface area contributed by atoms with Gasteiger partial charge in [0.05, 0.1) is 5.69 Å². The molecular formula is C13H8ClF3N4O. The summed E-state index contributed by atoms with van der Waals surface area (Å²) >= 11 is 6.04. The molecule has 0 unspecified atom stereocenters. The average Bonchev–Trinajstić information content (AvgIpc) is 2.75. The largest absolute Gasteiger partial charge is 0.573 e. The summed E-state index contributed by atoms with van der Waals surface area (Å²) in [6, 6.07) is 5.71. The molecule has 0 fully saturated rings. The van der Waals surface area contributed by atoms with Crippen molar-refractivity contribution >= 4 is 22.8 Å². The summed E-state index contributed by atoms with van der Waals surface area (Å²) in [6.45, 7) is 1.63. The van der Waals surface area contributed by atoms with E-state index in [1.165, 1.54) is 29.1 Å². The fraction of sp³-hybridized carbons (Fsp3) is 0.154. The van der Waals surface area contributed by atoms with Gasteiger partial charge in [-0.05, 0) is 19.1 Å². The van der Waals surface area contributed by atoms with Crippen molar-refractivity contribution in [3.8, 4) is 11.4 Å². The topological polar surface area (TPSA) is 52.8 Å². The average molecular weight is 329 g/mol. The van der Waals surface area contributed by atoms with Crippen LogP contribution in [0, 0.1) is 6.92 Å². The molecule has 0 N–H and O–H groups in total. The van der Waals surface area contributed by atoms with Crippen LogP contribution in [0.3, 0.4) is 0 Å². The molecule has 0 atom stereocenters. The highest BCUT2D eigenvalue weighted by Gasteiger charge is 2.32. The highest BCUT2D eigenvalue weighted by molar-refractivity contribution is 6.33. The summed E-state index contributed by atoms with van der Waals surface area (Å²) in [7, 11) is 0. The lowest BCUT2D eigenvalue weighted by Gasteiger charge is -2.15. The Morgan fingerprint density at radius 1 is 1.18 bits per heavy atom. The van der Waals surface area contributed by atoms with Crippen LogP contribution >= 0.6 is 11.6 Å². The molecule has 3 rings (SSSR count). The number of imidazole rings is 1. The monoisotopic (exact) mass is 328 g/mol. The van der Waals surface area contributed by atoms with Gasteiger partial charge in [-0.3, -0.25) is 4.57 Å². The lowest BCUT2D eigenvalue weighted by atomic mass is 10.3. The minimum Gasteiger partial charge on any atom is -0.404 e. The van der Waals surface area contributed by atoms with Gasteiger partial charge in [0, 0.05) is 0 Å². The first-order chi connectivity index (χ1) is 10.4. The van der Waals surface area contributed by atoms with Gasteiger partial charge in [-0.15, -0.1) is 13.2 Å². The summed E-state index contributed by atoms with van der Waals surface area (Å²) in [5, 5.41) is 0.0902. The van der Waals surface area contributed by atoms with Crippen LogP contribution in [0.4, 0.5) is 13.2 Å². The van der Waals surface area contributed by atoms with Gasteiger partial charge >= 0.3 is 6.36 Å². The van der Waals surface area contributed by atoms with E-state index in [2.05, 4.69) is 19.7 Å². The van der Waals surface area contributed by atoms with E-state index in [0.717, 1.165) is 0 Å². The number of aryl methyl sites for hydroxylation is 1. The molecule has 22 heavy (non-hydrogen) atoms. The van der Waals surface area contributed by atoms with Crippen LogP contribution in [-0.4, -0.2) is 25.9 Å². The third kappa shape index (κ3) is 2.57. The summed E-state index contributed by atoms with van der Waals surface area (Å²) in [6.07, 6.45) is -3.57. The molecule has 0 spiro atoms. The number of hydrogen-bond donors (Lipinski definition) is 0. The van der Waals surface area contributed by atoms with Crippen LogP contribution < -0.4 is 4.74 Å². The van der Waals surface area contributed by atoms with E-state index in [9.17, 15) is 13.2 Å². The predicted octanol–water partition coefficient (Wildman–Crippen LogP) is 3.68. The van der Waals surface area contributed by atoms with E-state index in [1.54, 1.807) is 13.0 Å². The van der Waals surface area contributed by atoms with Gasteiger partial charge in [-0.2, -0.15) is 0 Å². The van der Waals surface area contributed by atoms with E-state index in [1.807, 2.05) is 0 Å². The Morgan fingerprint density at radius 3 is 2.64 bits per heavy atom. The lowest BCUT2D eigenvalue weighted by Crippen LogP contribution is -2.18. The molecule has 0 saturated heterocycles. The van der Waals surface area contributed by atoms with Crippen molar-refractivity contribution in [3.05, 3.63) is 41.6 Å². The number of benzene rings is 1. The molecule has 1 aromatic carbocycles. The second kappa shape index (κ2) is 5.13. The number of hydrogen-bond acceptors (Lipinski definition) is 4. The third-order valence-corrected chi connectivity index (χ3v) is 3.18. The van der Waals surface area contributed by atoms with E-state index in [0.29, 0.717) is 17.0 Å². The minimum atomic E-state index is -4.80. The van der Waals surface area contributed by atoms with Gasteiger partial charge in [-0.1, -0.05) is 23.7 Å².